The van der Waals surface area contributed by atoms with Crippen LogP contribution in [0.4, 0.5) is 0 Å². The fourth-order valence-electron chi connectivity index (χ4n) is 3.80. The zero-order chi connectivity index (χ0) is 17.7. The van der Waals surface area contributed by atoms with Crippen LogP contribution < -0.4 is 15.9 Å². The fourth-order valence-corrected chi connectivity index (χ4v) is 8.22. The third-order valence-corrected chi connectivity index (χ3v) is 9.52. The van der Waals surface area contributed by atoms with Crippen molar-refractivity contribution in [2.45, 2.75) is 18.9 Å². The molecule has 26 heavy (non-hydrogen) atoms. The molecule has 132 valence electrons. The summed E-state index contributed by atoms with van der Waals surface area (Å²) in [4.78, 5) is 11.1. The molecule has 0 N–H and O–H groups in total. The largest absolute Gasteiger partial charge is 0.236 e. The lowest BCUT2D eigenvalue weighted by molar-refractivity contribution is -0.339. The van der Waals surface area contributed by atoms with Crippen molar-refractivity contribution in [2.24, 2.45) is 0 Å². The Morgan fingerprint density at radius 1 is 0.692 bits per heavy atom. The van der Waals surface area contributed by atoms with Gasteiger partial charge in [0, 0.05) is 0 Å². The summed E-state index contributed by atoms with van der Waals surface area (Å²) in [6.45, 7) is 0.698. The second-order valence-electron chi connectivity index (χ2n) is 6.68. The van der Waals surface area contributed by atoms with Crippen molar-refractivity contribution in [2.75, 3.05) is 12.8 Å². The molecule has 2 nitrogen and oxygen atoms in total. The molecule has 3 aromatic rings. The predicted octanol–water partition coefficient (Wildman–Crippen LogP) is 4.09. The van der Waals surface area contributed by atoms with Crippen molar-refractivity contribution in [1.29, 1.82) is 0 Å². The van der Waals surface area contributed by atoms with Gasteiger partial charge >= 0.3 is 0 Å². The molecule has 0 aliphatic carbocycles. The number of rotatable bonds is 5. The molecule has 0 radical (unpaired) electrons. The Labute approximate surface area is 156 Å². The van der Waals surface area contributed by atoms with E-state index >= 15 is 0 Å². The molecule has 4 rings (SSSR count). The Morgan fingerprint density at radius 2 is 1.15 bits per heavy atom. The van der Waals surface area contributed by atoms with Crippen LogP contribution in [0.15, 0.2) is 91.0 Å². The Hall–Kier alpha value is -1.99. The van der Waals surface area contributed by atoms with E-state index in [0.29, 0.717) is 6.61 Å². The van der Waals surface area contributed by atoms with Gasteiger partial charge < -0.3 is 0 Å². The molecule has 0 spiro atoms. The lowest BCUT2D eigenvalue weighted by atomic mass is 10.2. The summed E-state index contributed by atoms with van der Waals surface area (Å²) < 4.78 is 0. The smallest absolute Gasteiger partial charge is 0.128 e. The van der Waals surface area contributed by atoms with Crippen molar-refractivity contribution in [1.82, 2.24) is 0 Å². The quantitative estimate of drug-likeness (QED) is 0.502. The molecule has 0 bridgehead atoms. The van der Waals surface area contributed by atoms with Crippen LogP contribution in [0.1, 0.15) is 12.8 Å². The summed E-state index contributed by atoms with van der Waals surface area (Å²) in [7, 11) is -1.83. The van der Waals surface area contributed by atoms with E-state index in [1.54, 1.807) is 0 Å². The molecule has 1 unspecified atom stereocenters. The molecule has 1 aliphatic rings. The van der Waals surface area contributed by atoms with E-state index in [4.69, 9.17) is 9.78 Å². The van der Waals surface area contributed by atoms with Gasteiger partial charge in [0.25, 0.3) is 0 Å². The molecular formula is C23H24O2P+. The minimum absolute atomic E-state index is 0.123. The van der Waals surface area contributed by atoms with Crippen molar-refractivity contribution in [3.8, 4) is 0 Å². The highest BCUT2D eigenvalue weighted by Gasteiger charge is 2.47. The van der Waals surface area contributed by atoms with Gasteiger partial charge in [-0.3, -0.25) is 0 Å². The third kappa shape index (κ3) is 3.46. The number of hydrogen-bond donors (Lipinski definition) is 0. The van der Waals surface area contributed by atoms with Gasteiger partial charge in [-0.2, -0.15) is 0 Å². The van der Waals surface area contributed by atoms with Gasteiger partial charge in [0.15, 0.2) is 0 Å². The van der Waals surface area contributed by atoms with Crippen molar-refractivity contribution >= 4 is 23.2 Å². The number of benzene rings is 3. The Morgan fingerprint density at radius 3 is 1.54 bits per heavy atom. The van der Waals surface area contributed by atoms with Gasteiger partial charge in [0.05, 0.1) is 6.61 Å². The summed E-state index contributed by atoms with van der Waals surface area (Å²) in [6.07, 6.45) is 3.19. The van der Waals surface area contributed by atoms with Crippen molar-refractivity contribution < 1.29 is 9.78 Å². The molecule has 1 saturated heterocycles. The summed E-state index contributed by atoms with van der Waals surface area (Å²) in [5.74, 6) is 0. The maximum atomic E-state index is 5.73. The lowest BCUT2D eigenvalue weighted by Gasteiger charge is -2.31. The molecule has 1 heterocycles. The average Bonchev–Trinajstić information content (AvgIpc) is 2.75. The molecule has 1 atom stereocenters. The standard InChI is InChI=1S/C23H24O2P/c1-4-12-21(13-5-1)26(22-14-6-2-7-15-22,23-16-8-3-9-17-23)19-20-11-10-18-24-25-20/h1-9,12-17,20H,10-11,18-19H2/q+1. The van der Waals surface area contributed by atoms with Crippen LogP contribution >= 0.6 is 7.26 Å². The van der Waals surface area contributed by atoms with Crippen LogP contribution in [0.25, 0.3) is 0 Å². The van der Waals surface area contributed by atoms with Crippen LogP contribution in [0, 0.1) is 0 Å². The van der Waals surface area contributed by atoms with Gasteiger partial charge in [-0.15, -0.1) is 0 Å². The SMILES string of the molecule is c1ccc([P+](CC2CCCOO2)(c2ccccc2)c2ccccc2)cc1. The van der Waals surface area contributed by atoms with E-state index in [2.05, 4.69) is 91.0 Å². The van der Waals surface area contributed by atoms with E-state index in [0.717, 1.165) is 19.0 Å². The van der Waals surface area contributed by atoms with E-state index < -0.39 is 7.26 Å². The van der Waals surface area contributed by atoms with Gasteiger partial charge in [0.2, 0.25) is 0 Å². The molecule has 1 fully saturated rings. The van der Waals surface area contributed by atoms with Crippen molar-refractivity contribution in [3.63, 3.8) is 0 Å². The Balaban J connectivity index is 1.90. The first-order valence-electron chi connectivity index (χ1n) is 9.23. The highest BCUT2D eigenvalue weighted by Crippen LogP contribution is 2.56. The first-order valence-corrected chi connectivity index (χ1v) is 11.2. The third-order valence-electron chi connectivity index (χ3n) is 5.03. The maximum absolute atomic E-state index is 5.73. The molecule has 0 amide bonds. The van der Waals surface area contributed by atoms with Gasteiger partial charge in [-0.05, 0) is 49.2 Å². The molecule has 0 saturated carbocycles. The van der Waals surface area contributed by atoms with Gasteiger partial charge in [0.1, 0.15) is 35.4 Å². The normalized spacial score (nSPS) is 17.8. The Bertz CT molecular complexity index is 703. The molecule has 0 aromatic heterocycles. The monoisotopic (exact) mass is 363 g/mol. The Kier molecular flexibility index (Phi) is 5.45. The van der Waals surface area contributed by atoms with Crippen LogP contribution in [0.2, 0.25) is 0 Å². The highest BCUT2D eigenvalue weighted by atomic mass is 31.2. The summed E-state index contributed by atoms with van der Waals surface area (Å²) in [6, 6.07) is 32.8. The first kappa shape index (κ1) is 17.4. The van der Waals surface area contributed by atoms with E-state index in [1.807, 2.05) is 0 Å². The minimum atomic E-state index is -1.83. The van der Waals surface area contributed by atoms with Crippen LogP contribution in [0.3, 0.4) is 0 Å². The predicted molar refractivity (Wildman–Crippen MR) is 110 cm³/mol. The van der Waals surface area contributed by atoms with Gasteiger partial charge in [-0.1, -0.05) is 54.6 Å². The second kappa shape index (κ2) is 8.14. The topological polar surface area (TPSA) is 18.5 Å². The molecule has 1 aliphatic heterocycles. The second-order valence-corrected chi connectivity index (χ2v) is 10.2. The summed E-state index contributed by atoms with van der Waals surface area (Å²) in [5.41, 5.74) is 0. The van der Waals surface area contributed by atoms with Crippen molar-refractivity contribution in [3.05, 3.63) is 91.0 Å². The van der Waals surface area contributed by atoms with Crippen LogP contribution in [-0.2, 0) is 9.78 Å². The van der Waals surface area contributed by atoms with E-state index in [-0.39, 0.29) is 6.10 Å². The fraction of sp³-hybridized carbons (Fsp3) is 0.217. The summed E-state index contributed by atoms with van der Waals surface area (Å²) in [5, 5.41) is 4.18. The van der Waals surface area contributed by atoms with Gasteiger partial charge in [-0.25, -0.2) is 9.78 Å². The summed E-state index contributed by atoms with van der Waals surface area (Å²) >= 11 is 0. The minimum Gasteiger partial charge on any atom is -0.236 e. The van der Waals surface area contributed by atoms with E-state index in [1.165, 1.54) is 15.9 Å². The maximum Gasteiger partial charge on any atom is 0.128 e. The lowest BCUT2D eigenvalue weighted by Crippen LogP contribution is -2.38. The molecule has 3 heteroatoms. The highest BCUT2D eigenvalue weighted by molar-refractivity contribution is 7.95. The van der Waals surface area contributed by atoms with Crippen LogP contribution in [-0.4, -0.2) is 18.9 Å². The zero-order valence-corrected chi connectivity index (χ0v) is 15.7. The molecular weight excluding hydrogens is 339 g/mol. The average molecular weight is 363 g/mol. The van der Waals surface area contributed by atoms with Crippen LogP contribution in [0.5, 0.6) is 0 Å². The molecule has 3 aromatic carbocycles. The number of hydrogen-bond acceptors (Lipinski definition) is 2. The zero-order valence-electron chi connectivity index (χ0n) is 14.8. The first-order chi connectivity index (χ1) is 12.9. The van der Waals surface area contributed by atoms with E-state index in [9.17, 15) is 0 Å².